The van der Waals surface area contributed by atoms with Crippen molar-refractivity contribution in [3.05, 3.63) is 24.2 Å². The van der Waals surface area contributed by atoms with Crippen molar-refractivity contribution in [2.75, 3.05) is 6.26 Å². The number of aromatic nitrogens is 3. The lowest BCUT2D eigenvalue weighted by atomic mass is 10.2. The molecule has 2 heterocycles. The highest BCUT2D eigenvalue weighted by atomic mass is 32.2. The predicted molar refractivity (Wildman–Crippen MR) is 74.0 cm³/mol. The molecule has 0 aliphatic heterocycles. The van der Waals surface area contributed by atoms with E-state index in [2.05, 4.69) is 28.5 Å². The molecule has 0 saturated carbocycles. The van der Waals surface area contributed by atoms with E-state index >= 15 is 0 Å². The van der Waals surface area contributed by atoms with Crippen molar-refractivity contribution in [3.63, 3.8) is 0 Å². The zero-order valence-electron chi connectivity index (χ0n) is 11.3. The Morgan fingerprint density at radius 3 is 2.79 bits per heavy atom. The summed E-state index contributed by atoms with van der Waals surface area (Å²) in [5.41, 5.74) is 1.58. The van der Waals surface area contributed by atoms with Crippen LogP contribution in [-0.4, -0.2) is 29.2 Å². The van der Waals surface area contributed by atoms with Crippen molar-refractivity contribution < 1.29 is 8.42 Å². The van der Waals surface area contributed by atoms with Crippen LogP contribution in [0.2, 0.25) is 0 Å². The molecule has 0 aliphatic carbocycles. The van der Waals surface area contributed by atoms with Gasteiger partial charge in [-0.1, -0.05) is 13.8 Å². The van der Waals surface area contributed by atoms with Gasteiger partial charge in [0.1, 0.15) is 11.3 Å². The summed E-state index contributed by atoms with van der Waals surface area (Å²) in [6.45, 7) is 5.14. The average molecular weight is 282 g/mol. The molecule has 2 rings (SSSR count). The normalized spacial score (nSPS) is 12.4. The topological polar surface area (TPSA) is 76.9 Å². The fraction of sp³-hybridized carbons (Fsp3) is 0.500. The first kappa shape index (κ1) is 14.0. The maximum absolute atomic E-state index is 11.2. The zero-order valence-corrected chi connectivity index (χ0v) is 12.1. The van der Waals surface area contributed by atoms with Crippen molar-refractivity contribution in [1.82, 2.24) is 19.3 Å². The van der Waals surface area contributed by atoms with Gasteiger partial charge in [0.15, 0.2) is 5.65 Å². The average Bonchev–Trinajstić information content (AvgIpc) is 2.64. The molecular weight excluding hydrogens is 264 g/mol. The Bertz CT molecular complexity index is 676. The van der Waals surface area contributed by atoms with Crippen molar-refractivity contribution in [2.45, 2.75) is 26.9 Å². The van der Waals surface area contributed by atoms with Crippen LogP contribution in [0.15, 0.2) is 18.3 Å². The molecule has 0 atom stereocenters. The molecule has 0 radical (unpaired) electrons. The second-order valence-corrected chi connectivity index (χ2v) is 6.80. The van der Waals surface area contributed by atoms with E-state index in [-0.39, 0.29) is 6.54 Å². The van der Waals surface area contributed by atoms with Gasteiger partial charge in [-0.05, 0) is 18.1 Å². The lowest BCUT2D eigenvalue weighted by Gasteiger charge is -2.11. The molecule has 0 aromatic carbocycles. The molecule has 6 nitrogen and oxygen atoms in total. The van der Waals surface area contributed by atoms with Gasteiger partial charge in [0.2, 0.25) is 10.0 Å². The van der Waals surface area contributed by atoms with Crippen LogP contribution in [0, 0.1) is 5.92 Å². The quantitative estimate of drug-likeness (QED) is 0.892. The molecular formula is C12H18N4O2S. The summed E-state index contributed by atoms with van der Waals surface area (Å²) in [5, 5.41) is 0. The number of nitrogens with one attached hydrogen (secondary N) is 1. The van der Waals surface area contributed by atoms with Gasteiger partial charge in [0, 0.05) is 12.7 Å². The van der Waals surface area contributed by atoms with Crippen molar-refractivity contribution in [2.24, 2.45) is 5.92 Å². The summed E-state index contributed by atoms with van der Waals surface area (Å²) in [7, 11) is -3.23. The summed E-state index contributed by atoms with van der Waals surface area (Å²) in [6.07, 6.45) is 2.86. The Kier molecular flexibility index (Phi) is 3.86. The van der Waals surface area contributed by atoms with Gasteiger partial charge in [-0.25, -0.2) is 23.1 Å². The van der Waals surface area contributed by atoms with E-state index in [1.807, 2.05) is 16.7 Å². The maximum Gasteiger partial charge on any atom is 0.209 e. The highest BCUT2D eigenvalue weighted by Gasteiger charge is 2.13. The molecule has 0 aliphatic rings. The Balaban J connectivity index is 2.40. The third-order valence-electron chi connectivity index (χ3n) is 2.62. The van der Waals surface area contributed by atoms with Crippen LogP contribution in [0.25, 0.3) is 11.2 Å². The molecule has 0 amide bonds. The van der Waals surface area contributed by atoms with Crippen LogP contribution in [-0.2, 0) is 23.1 Å². The van der Waals surface area contributed by atoms with Crippen LogP contribution in [0.4, 0.5) is 0 Å². The largest absolute Gasteiger partial charge is 0.311 e. The molecule has 7 heteroatoms. The molecule has 19 heavy (non-hydrogen) atoms. The summed E-state index contributed by atoms with van der Waals surface area (Å²) in [5.74, 6) is 1.12. The fourth-order valence-electron chi connectivity index (χ4n) is 1.89. The number of pyridine rings is 1. The summed E-state index contributed by atoms with van der Waals surface area (Å²) >= 11 is 0. The molecule has 2 aromatic heterocycles. The molecule has 0 saturated heterocycles. The van der Waals surface area contributed by atoms with E-state index in [0.29, 0.717) is 11.7 Å². The number of imidazole rings is 1. The number of sulfonamides is 1. The monoisotopic (exact) mass is 282 g/mol. The van der Waals surface area contributed by atoms with Gasteiger partial charge in [-0.15, -0.1) is 0 Å². The predicted octanol–water partition coefficient (Wildman–Crippen LogP) is 1.14. The van der Waals surface area contributed by atoms with Crippen LogP contribution in [0.3, 0.4) is 0 Å². The van der Waals surface area contributed by atoms with Crippen LogP contribution >= 0.6 is 0 Å². The minimum atomic E-state index is -3.23. The summed E-state index contributed by atoms with van der Waals surface area (Å²) < 4.78 is 26.8. The van der Waals surface area contributed by atoms with E-state index in [0.717, 1.165) is 24.0 Å². The van der Waals surface area contributed by atoms with Crippen molar-refractivity contribution in [1.29, 1.82) is 0 Å². The third-order valence-corrected chi connectivity index (χ3v) is 3.29. The molecule has 0 spiro atoms. The Morgan fingerprint density at radius 1 is 1.42 bits per heavy atom. The van der Waals surface area contributed by atoms with E-state index in [9.17, 15) is 8.42 Å². The molecule has 0 unspecified atom stereocenters. The number of hydrogen-bond donors (Lipinski definition) is 1. The highest BCUT2D eigenvalue weighted by Crippen LogP contribution is 2.15. The highest BCUT2D eigenvalue weighted by molar-refractivity contribution is 7.88. The molecule has 1 N–H and O–H groups in total. The molecule has 0 fully saturated rings. The van der Waals surface area contributed by atoms with E-state index < -0.39 is 10.0 Å². The first-order valence-electron chi connectivity index (χ1n) is 6.11. The first-order valence-corrected chi connectivity index (χ1v) is 8.00. The Labute approximate surface area is 112 Å². The first-order chi connectivity index (χ1) is 8.87. The second-order valence-electron chi connectivity index (χ2n) is 4.97. The SMILES string of the molecule is CC(C)Cn1c(CNS(C)(=O)=O)nc2cccnc21. The number of rotatable bonds is 5. The molecule has 2 aromatic rings. The number of hydrogen-bond acceptors (Lipinski definition) is 4. The lowest BCUT2D eigenvalue weighted by molar-refractivity contribution is 0.510. The van der Waals surface area contributed by atoms with E-state index in [1.54, 1.807) is 6.20 Å². The van der Waals surface area contributed by atoms with Crippen molar-refractivity contribution in [3.8, 4) is 0 Å². The third kappa shape index (κ3) is 3.51. The van der Waals surface area contributed by atoms with Gasteiger partial charge in [0.25, 0.3) is 0 Å². The summed E-state index contributed by atoms with van der Waals surface area (Å²) in [4.78, 5) is 8.76. The van der Waals surface area contributed by atoms with Gasteiger partial charge < -0.3 is 4.57 Å². The number of nitrogens with zero attached hydrogens (tertiary/aromatic N) is 3. The summed E-state index contributed by atoms with van der Waals surface area (Å²) in [6, 6.07) is 3.70. The maximum atomic E-state index is 11.2. The minimum absolute atomic E-state index is 0.182. The molecule has 0 bridgehead atoms. The fourth-order valence-corrected chi connectivity index (χ4v) is 2.28. The van der Waals surface area contributed by atoms with Crippen LogP contribution in [0.1, 0.15) is 19.7 Å². The Morgan fingerprint density at radius 2 is 2.16 bits per heavy atom. The second kappa shape index (κ2) is 5.26. The van der Waals surface area contributed by atoms with Gasteiger partial charge in [-0.3, -0.25) is 0 Å². The zero-order chi connectivity index (χ0) is 14.0. The Hall–Kier alpha value is -1.47. The van der Waals surface area contributed by atoms with E-state index in [1.165, 1.54) is 0 Å². The van der Waals surface area contributed by atoms with E-state index in [4.69, 9.17) is 0 Å². The lowest BCUT2D eigenvalue weighted by Crippen LogP contribution is -2.24. The van der Waals surface area contributed by atoms with Gasteiger partial charge >= 0.3 is 0 Å². The van der Waals surface area contributed by atoms with Gasteiger partial charge in [-0.2, -0.15) is 0 Å². The smallest absolute Gasteiger partial charge is 0.209 e. The van der Waals surface area contributed by atoms with Gasteiger partial charge in [0.05, 0.1) is 12.8 Å². The molecule has 104 valence electrons. The number of fused-ring (bicyclic) bond motifs is 1. The van der Waals surface area contributed by atoms with Crippen LogP contribution in [0.5, 0.6) is 0 Å². The van der Waals surface area contributed by atoms with Crippen LogP contribution < -0.4 is 4.72 Å². The minimum Gasteiger partial charge on any atom is -0.311 e. The van der Waals surface area contributed by atoms with Crippen molar-refractivity contribution >= 4 is 21.2 Å². The standard InChI is InChI=1S/C12H18N4O2S/c1-9(2)8-16-11(7-14-19(3,17)18)15-10-5-4-6-13-12(10)16/h4-6,9,14H,7-8H2,1-3H3.